The van der Waals surface area contributed by atoms with E-state index < -0.39 is 0 Å². The van der Waals surface area contributed by atoms with Crippen LogP contribution in [0.1, 0.15) is 5.69 Å². The van der Waals surface area contributed by atoms with Crippen LogP contribution in [0.5, 0.6) is 11.6 Å². The van der Waals surface area contributed by atoms with Crippen molar-refractivity contribution in [3.8, 4) is 11.6 Å². The molecule has 0 fully saturated rings. The molecule has 2 N–H and O–H groups in total. The molecule has 98 valence electrons. The van der Waals surface area contributed by atoms with E-state index in [1.807, 2.05) is 40.2 Å². The third-order valence-electron chi connectivity index (χ3n) is 2.73. The predicted molar refractivity (Wildman–Crippen MR) is 80.0 cm³/mol. The maximum absolute atomic E-state index is 5.86. The summed E-state index contributed by atoms with van der Waals surface area (Å²) < 4.78 is 8.91. The number of halogens is 1. The van der Waals surface area contributed by atoms with Crippen LogP contribution >= 0.6 is 27.3 Å². The van der Waals surface area contributed by atoms with Gasteiger partial charge in [-0.3, -0.25) is 4.40 Å². The van der Waals surface area contributed by atoms with Gasteiger partial charge in [0, 0.05) is 22.5 Å². The Morgan fingerprint density at radius 3 is 2.84 bits per heavy atom. The number of nitrogens with zero attached hydrogens (tertiary/aromatic N) is 2. The van der Waals surface area contributed by atoms with E-state index in [0.29, 0.717) is 12.4 Å². The first-order chi connectivity index (χ1) is 9.28. The minimum Gasteiger partial charge on any atom is -0.437 e. The van der Waals surface area contributed by atoms with Gasteiger partial charge in [-0.15, -0.1) is 11.3 Å². The van der Waals surface area contributed by atoms with Crippen LogP contribution in [-0.4, -0.2) is 15.9 Å². The molecule has 0 spiro atoms. The molecule has 0 radical (unpaired) electrons. The molecule has 6 heteroatoms. The van der Waals surface area contributed by atoms with E-state index in [9.17, 15) is 0 Å². The summed E-state index contributed by atoms with van der Waals surface area (Å²) in [6.07, 6.45) is 2.73. The summed E-state index contributed by atoms with van der Waals surface area (Å²) in [5, 5.41) is 2.01. The van der Waals surface area contributed by atoms with Crippen LogP contribution in [0, 0.1) is 0 Å². The normalized spacial score (nSPS) is 11.1. The summed E-state index contributed by atoms with van der Waals surface area (Å²) in [7, 11) is 0. The lowest BCUT2D eigenvalue weighted by Gasteiger charge is -2.05. The van der Waals surface area contributed by atoms with Gasteiger partial charge in [0.05, 0.1) is 5.69 Å². The molecule has 0 atom stereocenters. The third kappa shape index (κ3) is 2.51. The van der Waals surface area contributed by atoms with Crippen LogP contribution in [0.25, 0.3) is 4.96 Å². The zero-order valence-electron chi connectivity index (χ0n) is 10.0. The molecule has 0 aliphatic heterocycles. The molecule has 0 aliphatic carbocycles. The van der Waals surface area contributed by atoms with Gasteiger partial charge in [0.2, 0.25) is 5.88 Å². The number of nitrogens with two attached hydrogens (primary N) is 1. The van der Waals surface area contributed by atoms with Crippen molar-refractivity contribution in [2.75, 3.05) is 6.54 Å². The zero-order chi connectivity index (χ0) is 13.2. The Morgan fingerprint density at radius 1 is 1.32 bits per heavy atom. The highest BCUT2D eigenvalue weighted by atomic mass is 79.9. The molecule has 0 unspecified atom stereocenters. The summed E-state index contributed by atoms with van der Waals surface area (Å²) in [5.41, 5.74) is 6.68. The molecule has 1 aromatic carbocycles. The highest BCUT2D eigenvalue weighted by molar-refractivity contribution is 9.10. The average molecular weight is 338 g/mol. The molecule has 3 rings (SSSR count). The summed E-state index contributed by atoms with van der Waals surface area (Å²) in [5.74, 6) is 1.41. The van der Waals surface area contributed by atoms with Gasteiger partial charge >= 0.3 is 0 Å². The number of imidazole rings is 1. The van der Waals surface area contributed by atoms with Gasteiger partial charge in [-0.1, -0.05) is 15.9 Å². The lowest BCUT2D eigenvalue weighted by atomic mass is 10.3. The Kier molecular flexibility index (Phi) is 3.54. The maximum atomic E-state index is 5.86. The lowest BCUT2D eigenvalue weighted by molar-refractivity contribution is 0.459. The van der Waals surface area contributed by atoms with Crippen molar-refractivity contribution in [1.82, 2.24) is 9.38 Å². The summed E-state index contributed by atoms with van der Waals surface area (Å²) in [6, 6.07) is 7.69. The monoisotopic (exact) mass is 337 g/mol. The number of benzene rings is 1. The number of rotatable bonds is 4. The van der Waals surface area contributed by atoms with Gasteiger partial charge in [0.15, 0.2) is 4.96 Å². The van der Waals surface area contributed by atoms with Crippen LogP contribution in [0.15, 0.2) is 40.3 Å². The minimum atomic E-state index is 0.570. The van der Waals surface area contributed by atoms with Crippen molar-refractivity contribution in [3.63, 3.8) is 0 Å². The zero-order valence-corrected chi connectivity index (χ0v) is 12.4. The number of hydrogen-bond donors (Lipinski definition) is 1. The summed E-state index contributed by atoms with van der Waals surface area (Å²) in [4.78, 5) is 5.43. The minimum absolute atomic E-state index is 0.570. The van der Waals surface area contributed by atoms with Crippen molar-refractivity contribution in [1.29, 1.82) is 0 Å². The topological polar surface area (TPSA) is 52.5 Å². The van der Waals surface area contributed by atoms with Crippen LogP contribution in [0.3, 0.4) is 0 Å². The van der Waals surface area contributed by atoms with Gasteiger partial charge in [-0.05, 0) is 30.8 Å². The fourth-order valence-electron chi connectivity index (χ4n) is 1.87. The smallest absolute Gasteiger partial charge is 0.242 e. The summed E-state index contributed by atoms with van der Waals surface area (Å²) >= 11 is 4.99. The molecular weight excluding hydrogens is 326 g/mol. The number of ether oxygens (including phenoxy) is 1. The van der Waals surface area contributed by atoms with Gasteiger partial charge in [-0.25, -0.2) is 0 Å². The molecule has 0 saturated heterocycles. The Labute approximate surface area is 123 Å². The van der Waals surface area contributed by atoms with Gasteiger partial charge in [-0.2, -0.15) is 4.98 Å². The fourth-order valence-corrected chi connectivity index (χ4v) is 2.86. The quantitative estimate of drug-likeness (QED) is 0.793. The maximum Gasteiger partial charge on any atom is 0.242 e. The second-order valence-electron chi connectivity index (χ2n) is 4.01. The van der Waals surface area contributed by atoms with E-state index in [2.05, 4.69) is 20.9 Å². The first kappa shape index (κ1) is 12.7. The van der Waals surface area contributed by atoms with E-state index in [-0.39, 0.29) is 0 Å². The van der Waals surface area contributed by atoms with Crippen LogP contribution in [-0.2, 0) is 6.42 Å². The number of thiazole rings is 1. The standard InChI is InChI=1S/C13H12BrN3OS/c14-9-1-3-10(4-2-9)18-12-11(5-6-15)17-7-8-19-13(17)16-12/h1-4,7-8H,5-6,15H2. The van der Waals surface area contributed by atoms with Crippen molar-refractivity contribution < 1.29 is 4.74 Å². The van der Waals surface area contributed by atoms with Crippen molar-refractivity contribution in [2.45, 2.75) is 6.42 Å². The molecule has 2 aromatic heterocycles. The van der Waals surface area contributed by atoms with Gasteiger partial charge in [0.25, 0.3) is 0 Å². The first-order valence-electron chi connectivity index (χ1n) is 5.86. The SMILES string of the molecule is NCCc1c(Oc2ccc(Br)cc2)nc2sccn12. The Hall–Kier alpha value is -1.37. The van der Waals surface area contributed by atoms with Crippen molar-refractivity contribution >= 4 is 32.2 Å². The largest absolute Gasteiger partial charge is 0.437 e. The van der Waals surface area contributed by atoms with Gasteiger partial charge < -0.3 is 10.5 Å². The average Bonchev–Trinajstić information content (AvgIpc) is 2.96. The molecule has 19 heavy (non-hydrogen) atoms. The van der Waals surface area contributed by atoms with E-state index in [4.69, 9.17) is 10.5 Å². The number of fused-ring (bicyclic) bond motifs is 1. The van der Waals surface area contributed by atoms with E-state index in [1.54, 1.807) is 11.3 Å². The van der Waals surface area contributed by atoms with E-state index in [0.717, 1.165) is 27.3 Å². The highest BCUT2D eigenvalue weighted by Gasteiger charge is 2.14. The highest BCUT2D eigenvalue weighted by Crippen LogP contribution is 2.28. The molecule has 0 saturated carbocycles. The van der Waals surface area contributed by atoms with E-state index >= 15 is 0 Å². The van der Waals surface area contributed by atoms with Crippen LogP contribution in [0.2, 0.25) is 0 Å². The van der Waals surface area contributed by atoms with Crippen molar-refractivity contribution in [3.05, 3.63) is 46.0 Å². The third-order valence-corrected chi connectivity index (χ3v) is 4.02. The molecule has 0 aliphatic rings. The Balaban J connectivity index is 1.97. The molecule has 0 amide bonds. The van der Waals surface area contributed by atoms with Crippen molar-refractivity contribution in [2.24, 2.45) is 5.73 Å². The molecule has 4 nitrogen and oxygen atoms in total. The first-order valence-corrected chi connectivity index (χ1v) is 7.53. The lowest BCUT2D eigenvalue weighted by Crippen LogP contribution is -2.05. The molecule has 2 heterocycles. The number of hydrogen-bond acceptors (Lipinski definition) is 4. The second-order valence-corrected chi connectivity index (χ2v) is 5.80. The van der Waals surface area contributed by atoms with E-state index in [1.165, 1.54) is 0 Å². The van der Waals surface area contributed by atoms with Crippen LogP contribution < -0.4 is 10.5 Å². The van der Waals surface area contributed by atoms with Gasteiger partial charge in [0.1, 0.15) is 5.75 Å². The molecular formula is C13H12BrN3OS. The fraction of sp³-hybridized carbons (Fsp3) is 0.154. The molecule has 0 bridgehead atoms. The Morgan fingerprint density at radius 2 is 2.11 bits per heavy atom. The Bertz CT molecular complexity index is 690. The summed E-state index contributed by atoms with van der Waals surface area (Å²) in [6.45, 7) is 0.570. The second kappa shape index (κ2) is 5.32. The van der Waals surface area contributed by atoms with Crippen LogP contribution in [0.4, 0.5) is 0 Å². The molecule has 3 aromatic rings. The predicted octanol–water partition coefficient (Wildman–Crippen LogP) is 3.45. The number of aromatic nitrogens is 2.